The Morgan fingerprint density at radius 1 is 1.25 bits per heavy atom. The summed E-state index contributed by atoms with van der Waals surface area (Å²) in [4.78, 5) is 0. The fraction of sp³-hybridized carbons (Fsp3) is 0.500. The molecule has 0 aliphatic carbocycles. The van der Waals surface area contributed by atoms with Crippen LogP contribution in [0.25, 0.3) is 11.0 Å². The predicted octanol–water partition coefficient (Wildman–Crippen LogP) is 4.41. The van der Waals surface area contributed by atoms with Gasteiger partial charge in [0.2, 0.25) is 5.82 Å². The van der Waals surface area contributed by atoms with Crippen LogP contribution in [0.4, 0.5) is 8.78 Å². The molecule has 1 aromatic heterocycles. The van der Waals surface area contributed by atoms with Crippen molar-refractivity contribution in [1.82, 2.24) is 5.32 Å². The van der Waals surface area contributed by atoms with Gasteiger partial charge in [-0.1, -0.05) is 20.8 Å². The largest absolute Gasteiger partial charge is 0.456 e. The predicted molar refractivity (Wildman–Crippen MR) is 76.7 cm³/mol. The molecule has 0 saturated heterocycles. The van der Waals surface area contributed by atoms with Crippen molar-refractivity contribution in [2.75, 3.05) is 6.54 Å². The van der Waals surface area contributed by atoms with Crippen molar-refractivity contribution in [3.05, 3.63) is 35.1 Å². The van der Waals surface area contributed by atoms with Crippen LogP contribution in [0.15, 0.2) is 16.5 Å². The van der Waals surface area contributed by atoms with Crippen molar-refractivity contribution in [3.8, 4) is 0 Å². The van der Waals surface area contributed by atoms with E-state index in [-0.39, 0.29) is 5.58 Å². The molecule has 0 amide bonds. The molecule has 0 aliphatic rings. The van der Waals surface area contributed by atoms with Crippen LogP contribution in [0.2, 0.25) is 0 Å². The Kier molecular flexibility index (Phi) is 4.76. The summed E-state index contributed by atoms with van der Waals surface area (Å²) in [6.07, 6.45) is 1.81. The number of fused-ring (bicyclic) bond motifs is 1. The van der Waals surface area contributed by atoms with Gasteiger partial charge in [0.15, 0.2) is 11.4 Å². The summed E-state index contributed by atoms with van der Waals surface area (Å²) < 4.78 is 32.7. The van der Waals surface area contributed by atoms with Crippen LogP contribution in [0.1, 0.15) is 38.5 Å². The summed E-state index contributed by atoms with van der Waals surface area (Å²) in [6, 6.07) is 2.78. The zero-order valence-electron chi connectivity index (χ0n) is 12.2. The van der Waals surface area contributed by atoms with E-state index in [4.69, 9.17) is 4.42 Å². The van der Waals surface area contributed by atoms with Crippen molar-refractivity contribution in [1.29, 1.82) is 0 Å². The zero-order chi connectivity index (χ0) is 14.7. The first-order valence-electron chi connectivity index (χ1n) is 7.13. The van der Waals surface area contributed by atoms with Crippen LogP contribution < -0.4 is 5.32 Å². The van der Waals surface area contributed by atoms with Crippen molar-refractivity contribution in [3.63, 3.8) is 0 Å². The second-order valence-corrected chi connectivity index (χ2v) is 5.52. The quantitative estimate of drug-likeness (QED) is 0.793. The molecule has 2 rings (SSSR count). The van der Waals surface area contributed by atoms with Gasteiger partial charge in [-0.2, -0.15) is 4.39 Å². The molecule has 0 spiro atoms. The van der Waals surface area contributed by atoms with Crippen LogP contribution in [-0.2, 0) is 13.0 Å². The van der Waals surface area contributed by atoms with Gasteiger partial charge in [0.05, 0.1) is 6.54 Å². The van der Waals surface area contributed by atoms with Crippen LogP contribution in [0.5, 0.6) is 0 Å². The number of hydrogen-bond donors (Lipinski definition) is 1. The zero-order valence-corrected chi connectivity index (χ0v) is 12.2. The lowest BCUT2D eigenvalue weighted by Gasteiger charge is -2.06. The highest BCUT2D eigenvalue weighted by Crippen LogP contribution is 2.31. The Bertz CT molecular complexity index is 590. The molecule has 1 N–H and O–H groups in total. The van der Waals surface area contributed by atoms with E-state index in [1.165, 1.54) is 6.07 Å². The highest BCUT2D eigenvalue weighted by molar-refractivity contribution is 5.83. The van der Waals surface area contributed by atoms with E-state index in [9.17, 15) is 8.78 Å². The maximum absolute atomic E-state index is 13.8. The van der Waals surface area contributed by atoms with Crippen molar-refractivity contribution in [2.45, 2.75) is 40.2 Å². The first-order chi connectivity index (χ1) is 9.54. The van der Waals surface area contributed by atoms with Gasteiger partial charge in [0, 0.05) is 10.9 Å². The monoisotopic (exact) mass is 281 g/mol. The molecule has 0 bridgehead atoms. The molecular formula is C16H21F2NO. The van der Waals surface area contributed by atoms with Gasteiger partial charge in [-0.3, -0.25) is 0 Å². The Morgan fingerprint density at radius 3 is 2.65 bits per heavy atom. The standard InChI is InChI=1S/C16H21F2NO/c1-4-7-19-9-14-12(8-10(2)3)11-5-6-13(17)15(18)16(11)20-14/h5-6,10,19H,4,7-9H2,1-3H3. The third-order valence-corrected chi connectivity index (χ3v) is 3.26. The molecule has 0 atom stereocenters. The molecule has 110 valence electrons. The van der Waals surface area contributed by atoms with Crippen molar-refractivity contribution < 1.29 is 13.2 Å². The van der Waals surface area contributed by atoms with Crippen LogP contribution in [-0.4, -0.2) is 6.54 Å². The second-order valence-electron chi connectivity index (χ2n) is 5.52. The molecule has 20 heavy (non-hydrogen) atoms. The minimum Gasteiger partial charge on any atom is -0.456 e. The third kappa shape index (κ3) is 3.01. The third-order valence-electron chi connectivity index (χ3n) is 3.26. The fourth-order valence-electron chi connectivity index (χ4n) is 2.36. The Morgan fingerprint density at radius 2 is 2.00 bits per heavy atom. The smallest absolute Gasteiger partial charge is 0.201 e. The highest BCUT2D eigenvalue weighted by atomic mass is 19.2. The maximum Gasteiger partial charge on any atom is 0.201 e. The number of hydrogen-bond acceptors (Lipinski definition) is 2. The Hall–Kier alpha value is -1.42. The lowest BCUT2D eigenvalue weighted by molar-refractivity contribution is 0.464. The highest BCUT2D eigenvalue weighted by Gasteiger charge is 2.19. The van der Waals surface area contributed by atoms with Crippen LogP contribution >= 0.6 is 0 Å². The molecule has 0 aliphatic heterocycles. The molecule has 0 fully saturated rings. The first kappa shape index (κ1) is 15.0. The average Bonchev–Trinajstić information content (AvgIpc) is 2.73. The molecule has 0 radical (unpaired) electrons. The normalized spacial score (nSPS) is 11.7. The summed E-state index contributed by atoms with van der Waals surface area (Å²) >= 11 is 0. The SMILES string of the molecule is CCCNCc1oc2c(F)c(F)ccc2c1CC(C)C. The van der Waals surface area contributed by atoms with Crippen molar-refractivity contribution >= 4 is 11.0 Å². The molecule has 0 saturated carbocycles. The topological polar surface area (TPSA) is 25.2 Å². The lowest BCUT2D eigenvalue weighted by Crippen LogP contribution is -2.14. The van der Waals surface area contributed by atoms with E-state index < -0.39 is 11.6 Å². The minimum atomic E-state index is -0.894. The number of furan rings is 1. The van der Waals surface area contributed by atoms with Gasteiger partial charge >= 0.3 is 0 Å². The average molecular weight is 281 g/mol. The molecule has 1 heterocycles. The van der Waals surface area contributed by atoms with Gasteiger partial charge in [-0.05, 0) is 37.4 Å². The summed E-state index contributed by atoms with van der Waals surface area (Å²) in [7, 11) is 0. The Balaban J connectivity index is 2.45. The molecule has 4 heteroatoms. The molecule has 1 aromatic carbocycles. The Labute approximate surface area is 118 Å². The maximum atomic E-state index is 13.8. The summed E-state index contributed by atoms with van der Waals surface area (Å²) in [5.41, 5.74) is 1.02. The van der Waals surface area contributed by atoms with Gasteiger partial charge in [-0.15, -0.1) is 0 Å². The van der Waals surface area contributed by atoms with E-state index >= 15 is 0 Å². The van der Waals surface area contributed by atoms with Gasteiger partial charge < -0.3 is 9.73 Å². The van der Waals surface area contributed by atoms with Gasteiger partial charge in [0.1, 0.15) is 5.76 Å². The molecular weight excluding hydrogens is 260 g/mol. The second kappa shape index (κ2) is 6.35. The summed E-state index contributed by atoms with van der Waals surface area (Å²) in [5, 5.41) is 3.94. The van der Waals surface area contributed by atoms with E-state index in [0.717, 1.165) is 24.9 Å². The van der Waals surface area contributed by atoms with E-state index in [0.29, 0.717) is 23.6 Å². The fourth-order valence-corrected chi connectivity index (χ4v) is 2.36. The molecule has 2 aromatic rings. The number of benzene rings is 1. The molecule has 2 nitrogen and oxygen atoms in total. The van der Waals surface area contributed by atoms with Crippen molar-refractivity contribution in [2.24, 2.45) is 5.92 Å². The van der Waals surface area contributed by atoms with E-state index in [1.54, 1.807) is 6.07 Å². The van der Waals surface area contributed by atoms with Crippen LogP contribution in [0, 0.1) is 17.6 Å². The van der Waals surface area contributed by atoms with Gasteiger partial charge in [-0.25, -0.2) is 4.39 Å². The minimum absolute atomic E-state index is 0.0361. The summed E-state index contributed by atoms with van der Waals surface area (Å²) in [5.74, 6) is -0.620. The van der Waals surface area contributed by atoms with E-state index in [2.05, 4.69) is 26.1 Å². The number of rotatable bonds is 6. The summed E-state index contributed by atoms with van der Waals surface area (Å²) in [6.45, 7) is 7.69. The lowest BCUT2D eigenvalue weighted by atomic mass is 9.99. The first-order valence-corrected chi connectivity index (χ1v) is 7.13. The van der Waals surface area contributed by atoms with Gasteiger partial charge in [0.25, 0.3) is 0 Å². The number of nitrogens with one attached hydrogen (secondary N) is 1. The van der Waals surface area contributed by atoms with Crippen LogP contribution in [0.3, 0.4) is 0 Å². The molecule has 0 unspecified atom stereocenters. The van der Waals surface area contributed by atoms with E-state index in [1.807, 2.05) is 0 Å². The number of halogens is 2.